The Kier molecular flexibility index (Phi) is 8.15. The van der Waals surface area contributed by atoms with Crippen LogP contribution >= 0.6 is 0 Å². The first-order chi connectivity index (χ1) is 35.8. The van der Waals surface area contributed by atoms with Gasteiger partial charge in [0.25, 0.3) is 0 Å². The van der Waals surface area contributed by atoms with Crippen molar-refractivity contribution >= 4 is 109 Å². The number of nitrogens with zero attached hydrogens (tertiary/aromatic N) is 3. The minimum atomic E-state index is -3.27. The molecule has 3 nitrogen and oxygen atoms in total. The molecule has 0 unspecified atom stereocenters. The van der Waals surface area contributed by atoms with Crippen LogP contribution in [-0.4, -0.2) is 16.1 Å². The van der Waals surface area contributed by atoms with E-state index in [0.29, 0.717) is 0 Å². The van der Waals surface area contributed by atoms with Crippen molar-refractivity contribution in [2.45, 2.75) is 5.41 Å². The fourth-order valence-electron chi connectivity index (χ4n) is 14.5. The fraction of sp³-hybridized carbons (Fsp3) is 0.0149. The van der Waals surface area contributed by atoms with Gasteiger partial charge in [-0.25, -0.2) is 0 Å². The minimum absolute atomic E-state index is 0.668. The lowest BCUT2D eigenvalue weighted by molar-refractivity contribution is 0.733. The zero-order chi connectivity index (χ0) is 47.2. The monoisotopic (exact) mass is 947 g/mol. The zero-order valence-corrected chi connectivity index (χ0v) is 41.3. The lowest BCUT2D eigenvalue weighted by atomic mass is 9.62. The number of fused-ring (bicyclic) bond motifs is 12. The Balaban J connectivity index is 1.15. The highest BCUT2D eigenvalue weighted by Gasteiger charge is 2.64. The highest BCUT2D eigenvalue weighted by molar-refractivity contribution is 7.26. The normalized spacial score (nSPS) is 15.8. The Bertz CT molecular complexity index is 3670. The molecule has 5 aliphatic rings. The second kappa shape index (κ2) is 14.7. The molecule has 16 rings (SSSR count). The maximum absolute atomic E-state index is 3.27. The highest BCUT2D eigenvalue weighted by Crippen LogP contribution is 2.60. The third-order valence-corrected chi connectivity index (χ3v) is 26.6. The van der Waals surface area contributed by atoms with E-state index in [1.165, 1.54) is 115 Å². The first-order valence-corrected chi connectivity index (χ1v) is 29.2. The molecule has 0 aliphatic carbocycles. The number of anilines is 9. The lowest BCUT2D eigenvalue weighted by Gasteiger charge is -2.59. The molecular formula is C67H45N3Si2. The number of para-hydroxylation sites is 9. The van der Waals surface area contributed by atoms with Crippen LogP contribution in [0.1, 0.15) is 22.3 Å². The van der Waals surface area contributed by atoms with Gasteiger partial charge in [0.15, 0.2) is 16.1 Å². The molecule has 5 heterocycles. The summed E-state index contributed by atoms with van der Waals surface area (Å²) >= 11 is 0. The van der Waals surface area contributed by atoms with Gasteiger partial charge in [0.2, 0.25) is 0 Å². The first kappa shape index (κ1) is 40.0. The van der Waals surface area contributed by atoms with Gasteiger partial charge in [-0.3, -0.25) is 0 Å². The Hall–Kier alpha value is -8.75. The molecule has 0 bridgehead atoms. The van der Waals surface area contributed by atoms with Gasteiger partial charge < -0.3 is 14.7 Å². The third-order valence-electron chi connectivity index (χ3n) is 16.8. The SMILES string of the molecule is c1ccc(N2c3ccccc3[Si]3(c4ccccc42)c2cccc4c2N2c5c(cccc5[Si]5(c6ccccc6N(c6ccccc6)c6ccccc65)c5cccc3c52)C4(c2ccccc2)c2ccccc2)cc1. The molecule has 5 aliphatic heterocycles. The standard InChI is InChI=1S/C67H45N3Si2/c1-5-24-46(25-6-1)67(47-26-7-2-8-27-47)50-32-21-42-60-64(50)70-65-51(67)33-22-43-61(65)72(58-40-19-15-36-54(58)69(49-30-11-4-12-31-49)55-37-16-20-41-59(55)72)63-45-23-44-62(66(63)70)71(60)56-38-17-13-34-52(56)68(48-28-9-3-10-29-48)53-35-14-18-39-57(53)71/h1-45H. The molecule has 0 fully saturated rings. The van der Waals surface area contributed by atoms with Gasteiger partial charge in [0.05, 0.1) is 16.8 Å². The van der Waals surface area contributed by atoms with Crippen molar-refractivity contribution in [2.75, 3.05) is 14.7 Å². The summed E-state index contributed by atoms with van der Waals surface area (Å²) in [7, 11) is -6.54. The highest BCUT2D eigenvalue weighted by atomic mass is 28.3. The molecule has 5 heteroatoms. The quantitative estimate of drug-likeness (QED) is 0.163. The van der Waals surface area contributed by atoms with Gasteiger partial charge in [-0.1, -0.05) is 224 Å². The molecule has 0 amide bonds. The van der Waals surface area contributed by atoms with Crippen molar-refractivity contribution in [3.8, 4) is 0 Å². The van der Waals surface area contributed by atoms with E-state index < -0.39 is 21.6 Å². The Morgan fingerprint density at radius 3 is 0.861 bits per heavy atom. The summed E-state index contributed by atoms with van der Waals surface area (Å²) in [4.78, 5) is 7.88. The van der Waals surface area contributed by atoms with E-state index in [1.54, 1.807) is 0 Å². The third kappa shape index (κ3) is 4.71. The Morgan fingerprint density at radius 2 is 0.500 bits per heavy atom. The largest absolute Gasteiger partial charge is 0.311 e. The molecule has 0 saturated carbocycles. The summed E-state index contributed by atoms with van der Waals surface area (Å²) in [6, 6.07) is 105. The minimum Gasteiger partial charge on any atom is -0.311 e. The fourth-order valence-corrected chi connectivity index (χ4v) is 25.6. The van der Waals surface area contributed by atoms with Crippen molar-refractivity contribution in [1.29, 1.82) is 0 Å². The second-order valence-corrected chi connectivity index (χ2v) is 27.1. The van der Waals surface area contributed by atoms with E-state index in [2.05, 4.69) is 288 Å². The van der Waals surface area contributed by atoms with Crippen LogP contribution in [0, 0.1) is 0 Å². The predicted octanol–water partition coefficient (Wildman–Crippen LogP) is 10.8. The molecule has 0 atom stereocenters. The first-order valence-electron chi connectivity index (χ1n) is 25.2. The predicted molar refractivity (Wildman–Crippen MR) is 304 cm³/mol. The summed E-state index contributed by atoms with van der Waals surface area (Å²) in [5.41, 5.74) is 15.9. The van der Waals surface area contributed by atoms with Crippen LogP contribution < -0.4 is 56.2 Å². The van der Waals surface area contributed by atoms with Gasteiger partial charge in [-0.05, 0) is 112 Å². The molecular weight excluding hydrogens is 903 g/mol. The molecule has 11 aromatic carbocycles. The van der Waals surface area contributed by atoms with Gasteiger partial charge >= 0.3 is 0 Å². The summed E-state index contributed by atoms with van der Waals surface area (Å²) in [6.45, 7) is 0. The number of hydrogen-bond donors (Lipinski definition) is 0. The van der Waals surface area contributed by atoms with E-state index in [1.807, 2.05) is 0 Å². The van der Waals surface area contributed by atoms with Gasteiger partial charge in [0, 0.05) is 39.8 Å². The van der Waals surface area contributed by atoms with Crippen LogP contribution in [0.3, 0.4) is 0 Å². The van der Waals surface area contributed by atoms with E-state index in [9.17, 15) is 0 Å². The molecule has 0 radical (unpaired) electrons. The van der Waals surface area contributed by atoms with E-state index >= 15 is 0 Å². The van der Waals surface area contributed by atoms with E-state index in [0.717, 1.165) is 0 Å². The smallest absolute Gasteiger partial charge is 0.188 e. The topological polar surface area (TPSA) is 9.72 Å². The van der Waals surface area contributed by atoms with Crippen molar-refractivity contribution in [3.05, 3.63) is 295 Å². The van der Waals surface area contributed by atoms with Crippen LogP contribution in [0.5, 0.6) is 0 Å². The van der Waals surface area contributed by atoms with E-state index in [-0.39, 0.29) is 0 Å². The van der Waals surface area contributed by atoms with E-state index in [4.69, 9.17) is 0 Å². The summed E-state index contributed by atoms with van der Waals surface area (Å²) in [5, 5.41) is 11.4. The zero-order valence-electron chi connectivity index (χ0n) is 39.3. The summed E-state index contributed by atoms with van der Waals surface area (Å²) < 4.78 is 0. The number of hydrogen-bond acceptors (Lipinski definition) is 3. The lowest BCUT2D eigenvalue weighted by Crippen LogP contribution is -2.84. The number of rotatable bonds is 4. The number of benzene rings is 11. The molecule has 0 N–H and O–H groups in total. The second-order valence-electron chi connectivity index (χ2n) is 19.8. The van der Waals surface area contributed by atoms with Crippen molar-refractivity contribution < 1.29 is 0 Å². The van der Waals surface area contributed by atoms with Crippen molar-refractivity contribution in [1.82, 2.24) is 0 Å². The van der Waals surface area contributed by atoms with Crippen molar-refractivity contribution in [2.24, 2.45) is 0 Å². The maximum Gasteiger partial charge on any atom is 0.188 e. The van der Waals surface area contributed by atoms with Crippen LogP contribution in [0.25, 0.3) is 0 Å². The molecule has 72 heavy (non-hydrogen) atoms. The van der Waals surface area contributed by atoms with Crippen LogP contribution in [0.15, 0.2) is 273 Å². The van der Waals surface area contributed by atoms with Crippen LogP contribution in [0.4, 0.5) is 51.2 Å². The summed E-state index contributed by atoms with van der Waals surface area (Å²) in [5.74, 6) is 0. The summed E-state index contributed by atoms with van der Waals surface area (Å²) in [6.07, 6.45) is 0. The molecule has 2 spiro atoms. The van der Waals surface area contributed by atoms with Gasteiger partial charge in [-0.15, -0.1) is 0 Å². The Labute approximate surface area is 421 Å². The van der Waals surface area contributed by atoms with Crippen molar-refractivity contribution in [3.63, 3.8) is 0 Å². The molecule has 0 saturated heterocycles. The molecule has 336 valence electrons. The average Bonchev–Trinajstić information content (AvgIpc) is 3.47. The average molecular weight is 948 g/mol. The van der Waals surface area contributed by atoms with Crippen LogP contribution in [0.2, 0.25) is 0 Å². The van der Waals surface area contributed by atoms with Gasteiger partial charge in [-0.2, -0.15) is 0 Å². The molecule has 0 aromatic heterocycles. The van der Waals surface area contributed by atoms with Gasteiger partial charge in [0.1, 0.15) is 0 Å². The molecule has 11 aromatic rings. The Morgan fingerprint density at radius 1 is 0.222 bits per heavy atom. The van der Waals surface area contributed by atoms with Crippen LogP contribution in [-0.2, 0) is 5.41 Å². The maximum atomic E-state index is 2.81.